The van der Waals surface area contributed by atoms with Gasteiger partial charge in [-0.1, -0.05) is 65.9 Å². The number of rotatable bonds is 7. The standard InChI is InChI=1S/C22H22N6OS2/c1-4-19-24-26-21(31-19)23-18(29)13-30-22-27-25-20(16-9-5-7-14(2)11-16)28(22)17-10-6-8-15(3)12-17/h5-12H,4,13H2,1-3H3,(H,23,26,29). The zero-order chi connectivity index (χ0) is 21.8. The monoisotopic (exact) mass is 450 g/mol. The van der Waals surface area contributed by atoms with Crippen LogP contribution in [0.5, 0.6) is 0 Å². The van der Waals surface area contributed by atoms with E-state index in [0.717, 1.165) is 39.6 Å². The van der Waals surface area contributed by atoms with Gasteiger partial charge in [0, 0.05) is 11.3 Å². The van der Waals surface area contributed by atoms with Crippen LogP contribution in [0.3, 0.4) is 0 Å². The van der Waals surface area contributed by atoms with Gasteiger partial charge in [0.1, 0.15) is 5.01 Å². The molecule has 0 aliphatic heterocycles. The molecule has 0 fully saturated rings. The molecule has 0 atom stereocenters. The Balaban J connectivity index is 1.60. The summed E-state index contributed by atoms with van der Waals surface area (Å²) < 4.78 is 2.00. The number of amides is 1. The van der Waals surface area contributed by atoms with Gasteiger partial charge in [-0.2, -0.15) is 0 Å². The molecule has 9 heteroatoms. The van der Waals surface area contributed by atoms with Crippen LogP contribution in [-0.2, 0) is 11.2 Å². The number of anilines is 1. The molecule has 31 heavy (non-hydrogen) atoms. The van der Waals surface area contributed by atoms with Crippen LogP contribution in [0.2, 0.25) is 0 Å². The number of thioether (sulfide) groups is 1. The molecule has 1 N–H and O–H groups in total. The van der Waals surface area contributed by atoms with Gasteiger partial charge in [-0.05, 0) is 44.0 Å². The summed E-state index contributed by atoms with van der Waals surface area (Å²) in [4.78, 5) is 12.5. The van der Waals surface area contributed by atoms with Gasteiger partial charge in [0.2, 0.25) is 11.0 Å². The van der Waals surface area contributed by atoms with E-state index in [9.17, 15) is 4.79 Å². The zero-order valence-corrected chi connectivity index (χ0v) is 19.1. The fourth-order valence-corrected chi connectivity index (χ4v) is 4.51. The highest BCUT2D eigenvalue weighted by Gasteiger charge is 2.18. The van der Waals surface area contributed by atoms with Crippen LogP contribution in [0.1, 0.15) is 23.1 Å². The number of hydrogen-bond donors (Lipinski definition) is 1. The summed E-state index contributed by atoms with van der Waals surface area (Å²) in [5, 5.41) is 21.8. The third-order valence-electron chi connectivity index (χ3n) is 4.52. The average Bonchev–Trinajstić information content (AvgIpc) is 3.39. The molecule has 0 aliphatic carbocycles. The van der Waals surface area contributed by atoms with Gasteiger partial charge in [0.05, 0.1) is 5.75 Å². The van der Waals surface area contributed by atoms with Crippen molar-refractivity contribution in [2.24, 2.45) is 0 Å². The van der Waals surface area contributed by atoms with Gasteiger partial charge in [0.25, 0.3) is 0 Å². The molecule has 0 spiro atoms. The topological polar surface area (TPSA) is 85.6 Å². The number of hydrogen-bond acceptors (Lipinski definition) is 7. The van der Waals surface area contributed by atoms with E-state index in [1.54, 1.807) is 0 Å². The van der Waals surface area contributed by atoms with Crippen LogP contribution < -0.4 is 5.32 Å². The van der Waals surface area contributed by atoms with Crippen molar-refractivity contribution in [3.05, 3.63) is 64.7 Å². The number of nitrogens with zero attached hydrogens (tertiary/aromatic N) is 5. The first-order valence-electron chi connectivity index (χ1n) is 9.88. The molecule has 7 nitrogen and oxygen atoms in total. The number of carbonyl (C=O) groups is 1. The van der Waals surface area contributed by atoms with Crippen molar-refractivity contribution >= 4 is 34.1 Å². The highest BCUT2D eigenvalue weighted by atomic mass is 32.2. The lowest BCUT2D eigenvalue weighted by Crippen LogP contribution is -2.14. The SMILES string of the molecule is CCc1nnc(NC(=O)CSc2nnc(-c3cccc(C)c3)n2-c2cccc(C)c2)s1. The molecule has 158 valence electrons. The average molecular weight is 451 g/mol. The maximum Gasteiger partial charge on any atom is 0.236 e. The minimum atomic E-state index is -0.153. The van der Waals surface area contributed by atoms with Gasteiger partial charge in [-0.15, -0.1) is 20.4 Å². The van der Waals surface area contributed by atoms with E-state index in [1.807, 2.05) is 61.7 Å². The molecule has 0 saturated carbocycles. The van der Waals surface area contributed by atoms with Crippen LogP contribution in [0, 0.1) is 13.8 Å². The minimum absolute atomic E-state index is 0.153. The third kappa shape index (κ3) is 5.00. The Hall–Kier alpha value is -3.04. The first-order valence-corrected chi connectivity index (χ1v) is 11.7. The number of aryl methyl sites for hydroxylation is 3. The van der Waals surface area contributed by atoms with Crippen LogP contribution in [0.25, 0.3) is 17.1 Å². The Morgan fingerprint density at radius 3 is 2.52 bits per heavy atom. The molecule has 4 rings (SSSR count). The summed E-state index contributed by atoms with van der Waals surface area (Å²) in [6.45, 7) is 6.10. The van der Waals surface area contributed by atoms with Crippen LogP contribution in [0.4, 0.5) is 5.13 Å². The van der Waals surface area contributed by atoms with E-state index in [1.165, 1.54) is 23.1 Å². The van der Waals surface area contributed by atoms with Crippen LogP contribution in [0.15, 0.2) is 53.7 Å². The zero-order valence-electron chi connectivity index (χ0n) is 17.5. The Morgan fingerprint density at radius 1 is 1.03 bits per heavy atom. The second-order valence-corrected chi connectivity index (χ2v) is 9.05. The molecule has 4 aromatic rings. The van der Waals surface area contributed by atoms with Gasteiger partial charge < -0.3 is 0 Å². The van der Waals surface area contributed by atoms with Crippen molar-refractivity contribution in [1.29, 1.82) is 0 Å². The number of aromatic nitrogens is 5. The van der Waals surface area contributed by atoms with Gasteiger partial charge >= 0.3 is 0 Å². The molecule has 0 aliphatic rings. The van der Waals surface area contributed by atoms with E-state index in [4.69, 9.17) is 0 Å². The highest BCUT2D eigenvalue weighted by Crippen LogP contribution is 2.29. The van der Waals surface area contributed by atoms with E-state index in [-0.39, 0.29) is 11.7 Å². The van der Waals surface area contributed by atoms with Crippen molar-refractivity contribution in [2.75, 3.05) is 11.1 Å². The van der Waals surface area contributed by atoms with E-state index in [2.05, 4.69) is 37.8 Å². The molecule has 2 heterocycles. The molecule has 0 saturated heterocycles. The maximum absolute atomic E-state index is 12.5. The lowest BCUT2D eigenvalue weighted by molar-refractivity contribution is -0.113. The predicted molar refractivity (Wildman–Crippen MR) is 125 cm³/mol. The summed E-state index contributed by atoms with van der Waals surface area (Å²) in [5.41, 5.74) is 4.22. The van der Waals surface area contributed by atoms with Crippen molar-refractivity contribution in [1.82, 2.24) is 25.0 Å². The van der Waals surface area contributed by atoms with E-state index < -0.39 is 0 Å². The number of benzene rings is 2. The van der Waals surface area contributed by atoms with Gasteiger partial charge in [-0.3, -0.25) is 14.7 Å². The number of nitrogens with one attached hydrogen (secondary N) is 1. The Kier molecular flexibility index (Phi) is 6.43. The van der Waals surface area contributed by atoms with Crippen molar-refractivity contribution in [3.8, 4) is 17.1 Å². The Labute approximate surface area is 189 Å². The third-order valence-corrected chi connectivity index (χ3v) is 6.43. The first kappa shape index (κ1) is 21.2. The molecular formula is C22H22N6OS2. The molecule has 2 aromatic carbocycles. The minimum Gasteiger partial charge on any atom is -0.300 e. The predicted octanol–water partition coefficient (Wildman–Crippen LogP) is 4.70. The summed E-state index contributed by atoms with van der Waals surface area (Å²) in [5.74, 6) is 0.785. The molecule has 2 aromatic heterocycles. The second kappa shape index (κ2) is 9.40. The van der Waals surface area contributed by atoms with E-state index >= 15 is 0 Å². The van der Waals surface area contributed by atoms with Crippen molar-refractivity contribution in [2.45, 2.75) is 32.3 Å². The highest BCUT2D eigenvalue weighted by molar-refractivity contribution is 7.99. The summed E-state index contributed by atoms with van der Waals surface area (Å²) in [6.07, 6.45) is 0.795. The lowest BCUT2D eigenvalue weighted by Gasteiger charge is -2.11. The fourth-order valence-electron chi connectivity index (χ4n) is 3.07. The summed E-state index contributed by atoms with van der Waals surface area (Å²) in [7, 11) is 0. The summed E-state index contributed by atoms with van der Waals surface area (Å²) in [6, 6.07) is 16.3. The molecule has 0 radical (unpaired) electrons. The molecule has 0 unspecified atom stereocenters. The largest absolute Gasteiger partial charge is 0.300 e. The van der Waals surface area contributed by atoms with Crippen LogP contribution in [-0.4, -0.2) is 36.6 Å². The van der Waals surface area contributed by atoms with Crippen LogP contribution >= 0.6 is 23.1 Å². The summed E-state index contributed by atoms with van der Waals surface area (Å²) >= 11 is 2.73. The molecule has 1 amide bonds. The molecular weight excluding hydrogens is 428 g/mol. The molecule has 0 bridgehead atoms. The lowest BCUT2D eigenvalue weighted by atomic mass is 10.1. The first-order chi connectivity index (χ1) is 15.0. The van der Waals surface area contributed by atoms with Crippen molar-refractivity contribution in [3.63, 3.8) is 0 Å². The number of carbonyl (C=O) groups excluding carboxylic acids is 1. The Bertz CT molecular complexity index is 1220. The quantitative estimate of drug-likeness (QED) is 0.411. The maximum atomic E-state index is 12.5. The fraction of sp³-hybridized carbons (Fsp3) is 0.227. The van der Waals surface area contributed by atoms with Crippen molar-refractivity contribution < 1.29 is 4.79 Å². The van der Waals surface area contributed by atoms with Gasteiger partial charge in [0.15, 0.2) is 11.0 Å². The van der Waals surface area contributed by atoms with Gasteiger partial charge in [-0.25, -0.2) is 0 Å². The smallest absolute Gasteiger partial charge is 0.236 e. The second-order valence-electron chi connectivity index (χ2n) is 7.04. The normalized spacial score (nSPS) is 10.9. The Morgan fingerprint density at radius 2 is 1.81 bits per heavy atom. The van der Waals surface area contributed by atoms with E-state index in [0.29, 0.717) is 10.3 Å².